The lowest BCUT2D eigenvalue weighted by Gasteiger charge is -2.38. The molecule has 4 nitrogen and oxygen atoms in total. The molecule has 0 bridgehead atoms. The average Bonchev–Trinajstić information content (AvgIpc) is 2.85. The van der Waals surface area contributed by atoms with Crippen molar-refractivity contribution in [1.82, 2.24) is 4.90 Å². The number of para-hydroxylation sites is 1. The van der Waals surface area contributed by atoms with Gasteiger partial charge >= 0.3 is 0 Å². The number of anilines is 2. The molecule has 0 aliphatic carbocycles. The lowest BCUT2D eigenvalue weighted by Crippen LogP contribution is -2.49. The van der Waals surface area contributed by atoms with E-state index in [9.17, 15) is 14.0 Å². The molecule has 6 heteroatoms. The van der Waals surface area contributed by atoms with Crippen LogP contribution in [0.3, 0.4) is 0 Å². The number of benzene rings is 2. The standard InChI is InChI=1S/C20H19FN2O2.ClH/c1-14(24)22-11-9-20(10-12-22)17-13-15(21)7-8-18(17)23(19(20)25)16-5-3-2-4-6-16;/h2-8,13H,9-12H2,1H3;1H. The number of hydrogen-bond acceptors (Lipinski definition) is 2. The maximum absolute atomic E-state index is 14.0. The summed E-state index contributed by atoms with van der Waals surface area (Å²) < 4.78 is 14.0. The molecule has 0 saturated carbocycles. The number of likely N-dealkylation sites (tertiary alicyclic amines) is 1. The van der Waals surface area contributed by atoms with Crippen molar-refractivity contribution in [3.05, 3.63) is 59.9 Å². The van der Waals surface area contributed by atoms with Gasteiger partial charge in [0.1, 0.15) is 5.82 Å². The van der Waals surface area contributed by atoms with Gasteiger partial charge in [-0.25, -0.2) is 4.39 Å². The van der Waals surface area contributed by atoms with E-state index in [0.29, 0.717) is 25.9 Å². The van der Waals surface area contributed by atoms with Crippen LogP contribution in [0.4, 0.5) is 15.8 Å². The summed E-state index contributed by atoms with van der Waals surface area (Å²) in [6.45, 7) is 2.57. The van der Waals surface area contributed by atoms with Crippen LogP contribution in [0, 0.1) is 5.82 Å². The summed E-state index contributed by atoms with van der Waals surface area (Å²) in [5, 5.41) is 0. The van der Waals surface area contributed by atoms with Gasteiger partial charge < -0.3 is 4.90 Å². The van der Waals surface area contributed by atoms with Crippen LogP contribution in [-0.4, -0.2) is 29.8 Å². The third kappa shape index (κ3) is 2.67. The smallest absolute Gasteiger partial charge is 0.242 e. The average molecular weight is 375 g/mol. The maximum Gasteiger partial charge on any atom is 0.242 e. The zero-order chi connectivity index (χ0) is 17.6. The van der Waals surface area contributed by atoms with Crippen LogP contribution in [0.15, 0.2) is 48.5 Å². The monoisotopic (exact) mass is 374 g/mol. The molecule has 0 atom stereocenters. The highest BCUT2D eigenvalue weighted by Gasteiger charge is 2.52. The van der Waals surface area contributed by atoms with E-state index in [4.69, 9.17) is 0 Å². The first-order chi connectivity index (χ1) is 12.0. The highest BCUT2D eigenvalue weighted by Crippen LogP contribution is 2.50. The molecule has 2 amide bonds. The summed E-state index contributed by atoms with van der Waals surface area (Å²) in [5.74, 6) is -0.350. The molecule has 1 saturated heterocycles. The number of amides is 2. The summed E-state index contributed by atoms with van der Waals surface area (Å²) in [6, 6.07) is 14.0. The molecule has 4 rings (SSSR count). The molecule has 0 radical (unpaired) electrons. The van der Waals surface area contributed by atoms with Crippen molar-refractivity contribution in [2.24, 2.45) is 0 Å². The van der Waals surface area contributed by atoms with Gasteiger partial charge in [0, 0.05) is 25.7 Å². The number of piperidine rings is 1. The molecule has 0 aromatic heterocycles. The lowest BCUT2D eigenvalue weighted by atomic mass is 9.73. The number of fused-ring (bicyclic) bond motifs is 2. The van der Waals surface area contributed by atoms with Crippen molar-refractivity contribution in [1.29, 1.82) is 0 Å². The van der Waals surface area contributed by atoms with E-state index in [-0.39, 0.29) is 30.0 Å². The number of carbonyl (C=O) groups excluding carboxylic acids is 2. The molecular weight excluding hydrogens is 355 g/mol. The lowest BCUT2D eigenvalue weighted by molar-refractivity contribution is -0.133. The minimum absolute atomic E-state index is 0. The summed E-state index contributed by atoms with van der Waals surface area (Å²) >= 11 is 0. The number of hydrogen-bond donors (Lipinski definition) is 0. The number of nitrogens with zero attached hydrogens (tertiary/aromatic N) is 2. The van der Waals surface area contributed by atoms with E-state index in [1.807, 2.05) is 30.3 Å². The van der Waals surface area contributed by atoms with Crippen LogP contribution in [0.25, 0.3) is 0 Å². The topological polar surface area (TPSA) is 40.6 Å². The Morgan fingerprint density at radius 3 is 2.35 bits per heavy atom. The van der Waals surface area contributed by atoms with Crippen molar-refractivity contribution in [2.45, 2.75) is 25.2 Å². The van der Waals surface area contributed by atoms with E-state index in [2.05, 4.69) is 0 Å². The van der Waals surface area contributed by atoms with Gasteiger partial charge in [-0.1, -0.05) is 18.2 Å². The van der Waals surface area contributed by atoms with Gasteiger partial charge in [-0.15, -0.1) is 12.4 Å². The van der Waals surface area contributed by atoms with Crippen molar-refractivity contribution in [3.8, 4) is 0 Å². The molecule has 26 heavy (non-hydrogen) atoms. The van der Waals surface area contributed by atoms with Gasteiger partial charge in [0.15, 0.2) is 0 Å². The Kier molecular flexibility index (Phi) is 4.76. The molecule has 2 aliphatic rings. The van der Waals surface area contributed by atoms with Gasteiger partial charge in [-0.3, -0.25) is 14.5 Å². The Labute approximate surface area is 158 Å². The predicted molar refractivity (Wildman–Crippen MR) is 100 cm³/mol. The van der Waals surface area contributed by atoms with Crippen LogP contribution < -0.4 is 4.90 Å². The largest absolute Gasteiger partial charge is 0.343 e. The summed E-state index contributed by atoms with van der Waals surface area (Å²) in [5.41, 5.74) is 1.52. The van der Waals surface area contributed by atoms with Crippen molar-refractivity contribution >= 4 is 35.6 Å². The second kappa shape index (κ2) is 6.72. The Bertz CT molecular complexity index is 848. The fourth-order valence-corrected chi connectivity index (χ4v) is 4.05. The van der Waals surface area contributed by atoms with Crippen molar-refractivity contribution < 1.29 is 14.0 Å². The molecule has 2 heterocycles. The van der Waals surface area contributed by atoms with Gasteiger partial charge in [-0.05, 0) is 48.7 Å². The predicted octanol–water partition coefficient (Wildman–Crippen LogP) is 3.81. The first-order valence-electron chi connectivity index (χ1n) is 8.48. The van der Waals surface area contributed by atoms with Gasteiger partial charge in [0.05, 0.1) is 11.1 Å². The Morgan fingerprint density at radius 2 is 1.73 bits per heavy atom. The maximum atomic E-state index is 14.0. The minimum atomic E-state index is -0.751. The molecule has 2 aromatic carbocycles. The third-order valence-corrected chi connectivity index (χ3v) is 5.40. The first-order valence-corrected chi connectivity index (χ1v) is 8.48. The molecular formula is C20H20ClFN2O2. The SMILES string of the molecule is CC(=O)N1CCC2(CC1)C(=O)N(c1ccccc1)c1ccc(F)cc12.Cl. The van der Waals surface area contributed by atoms with Crippen LogP contribution >= 0.6 is 12.4 Å². The highest BCUT2D eigenvalue weighted by atomic mass is 35.5. The molecule has 1 spiro atoms. The van der Waals surface area contributed by atoms with Crippen LogP contribution in [-0.2, 0) is 15.0 Å². The first kappa shape index (κ1) is 18.4. The number of carbonyl (C=O) groups is 2. The van der Waals surface area contributed by atoms with E-state index < -0.39 is 5.41 Å². The molecule has 1 fully saturated rings. The number of rotatable bonds is 1. The molecule has 2 aromatic rings. The van der Waals surface area contributed by atoms with E-state index in [1.54, 1.807) is 22.8 Å². The zero-order valence-corrected chi connectivity index (χ0v) is 15.3. The second-order valence-corrected chi connectivity index (χ2v) is 6.73. The molecule has 0 unspecified atom stereocenters. The second-order valence-electron chi connectivity index (χ2n) is 6.73. The number of halogens is 2. The van der Waals surface area contributed by atoms with Crippen LogP contribution in [0.1, 0.15) is 25.3 Å². The summed E-state index contributed by atoms with van der Waals surface area (Å²) in [7, 11) is 0. The summed E-state index contributed by atoms with van der Waals surface area (Å²) in [4.78, 5) is 28.5. The van der Waals surface area contributed by atoms with Crippen LogP contribution in [0.5, 0.6) is 0 Å². The van der Waals surface area contributed by atoms with E-state index in [0.717, 1.165) is 16.9 Å². The van der Waals surface area contributed by atoms with Gasteiger partial charge in [-0.2, -0.15) is 0 Å². The third-order valence-electron chi connectivity index (χ3n) is 5.40. The van der Waals surface area contributed by atoms with E-state index >= 15 is 0 Å². The van der Waals surface area contributed by atoms with Crippen LogP contribution in [0.2, 0.25) is 0 Å². The summed E-state index contributed by atoms with van der Waals surface area (Å²) in [6.07, 6.45) is 1.04. The van der Waals surface area contributed by atoms with E-state index in [1.165, 1.54) is 12.1 Å². The Balaban J connectivity index is 0.00000196. The quantitative estimate of drug-likeness (QED) is 0.761. The Morgan fingerprint density at radius 1 is 1.08 bits per heavy atom. The van der Waals surface area contributed by atoms with Gasteiger partial charge in [0.25, 0.3) is 0 Å². The molecule has 2 aliphatic heterocycles. The zero-order valence-electron chi connectivity index (χ0n) is 14.4. The highest BCUT2D eigenvalue weighted by molar-refractivity contribution is 6.13. The normalized spacial score (nSPS) is 17.8. The minimum Gasteiger partial charge on any atom is -0.343 e. The van der Waals surface area contributed by atoms with Crippen molar-refractivity contribution in [3.63, 3.8) is 0 Å². The van der Waals surface area contributed by atoms with Gasteiger partial charge in [0.2, 0.25) is 11.8 Å². The fourth-order valence-electron chi connectivity index (χ4n) is 4.05. The van der Waals surface area contributed by atoms with Crippen molar-refractivity contribution in [2.75, 3.05) is 18.0 Å². The Hall–Kier alpha value is -2.40. The molecule has 0 N–H and O–H groups in total. The fraction of sp³-hybridized carbons (Fsp3) is 0.300. The molecule has 136 valence electrons.